The Morgan fingerprint density at radius 1 is 1.15 bits per heavy atom. The Bertz CT molecular complexity index is 1050. The number of hydrogen-bond acceptors (Lipinski definition) is 5. The van der Waals surface area contributed by atoms with Crippen LogP contribution in [0.4, 0.5) is 0 Å². The number of rotatable bonds is 6. The van der Waals surface area contributed by atoms with Crippen molar-refractivity contribution in [1.82, 2.24) is 15.5 Å². The van der Waals surface area contributed by atoms with Crippen LogP contribution in [0.2, 0.25) is 0 Å². The van der Waals surface area contributed by atoms with Crippen LogP contribution >= 0.6 is 0 Å². The fourth-order valence-corrected chi connectivity index (χ4v) is 4.77. The maximum Gasteiger partial charge on any atom is 0.255 e. The third-order valence-corrected chi connectivity index (χ3v) is 6.60. The summed E-state index contributed by atoms with van der Waals surface area (Å²) in [6.45, 7) is 6.24. The van der Waals surface area contributed by atoms with Gasteiger partial charge in [-0.05, 0) is 42.2 Å². The third kappa shape index (κ3) is 4.65. The molecule has 0 aliphatic carbocycles. The number of nitrogens with one attached hydrogen (secondary N) is 2. The van der Waals surface area contributed by atoms with Gasteiger partial charge in [0.15, 0.2) is 0 Å². The van der Waals surface area contributed by atoms with Crippen LogP contribution in [0.1, 0.15) is 40.7 Å². The molecular weight excluding hydrogens is 418 g/mol. The van der Waals surface area contributed by atoms with Crippen molar-refractivity contribution >= 4 is 11.8 Å². The third-order valence-electron chi connectivity index (χ3n) is 6.60. The molecule has 2 fully saturated rings. The lowest BCUT2D eigenvalue weighted by molar-refractivity contribution is -0.126. The summed E-state index contributed by atoms with van der Waals surface area (Å²) in [6, 6.07) is 15.5. The van der Waals surface area contributed by atoms with Crippen LogP contribution in [-0.2, 0) is 22.6 Å². The van der Waals surface area contributed by atoms with Crippen molar-refractivity contribution < 1.29 is 19.1 Å². The largest absolute Gasteiger partial charge is 0.489 e. The lowest BCUT2D eigenvalue weighted by atomic mass is 10.0. The number of benzene rings is 2. The van der Waals surface area contributed by atoms with Gasteiger partial charge in [0.25, 0.3) is 5.91 Å². The normalized spacial score (nSPS) is 25.0. The van der Waals surface area contributed by atoms with Crippen LogP contribution in [0.25, 0.3) is 0 Å². The maximum absolute atomic E-state index is 13.0. The Labute approximate surface area is 193 Å². The van der Waals surface area contributed by atoms with Crippen molar-refractivity contribution in [2.45, 2.75) is 50.5 Å². The van der Waals surface area contributed by atoms with E-state index in [9.17, 15) is 9.59 Å². The molecule has 2 aromatic carbocycles. The zero-order valence-electron chi connectivity index (χ0n) is 18.6. The lowest BCUT2D eigenvalue weighted by Crippen LogP contribution is -2.49. The van der Waals surface area contributed by atoms with Gasteiger partial charge >= 0.3 is 0 Å². The Morgan fingerprint density at radius 2 is 2.00 bits per heavy atom. The highest BCUT2D eigenvalue weighted by Gasteiger charge is 2.38. The Morgan fingerprint density at radius 3 is 2.82 bits per heavy atom. The van der Waals surface area contributed by atoms with E-state index in [-0.39, 0.29) is 24.0 Å². The highest BCUT2D eigenvalue weighted by Crippen LogP contribution is 2.31. The molecule has 2 amide bonds. The minimum absolute atomic E-state index is 0.0242. The number of hydrogen-bond donors (Lipinski definition) is 2. The van der Waals surface area contributed by atoms with Crippen LogP contribution in [0, 0.1) is 0 Å². The molecule has 33 heavy (non-hydrogen) atoms. The Kier molecular flexibility index (Phi) is 6.15. The van der Waals surface area contributed by atoms with E-state index in [1.54, 1.807) is 4.90 Å². The summed E-state index contributed by atoms with van der Waals surface area (Å²) in [4.78, 5) is 27.0. The lowest BCUT2D eigenvalue weighted by Gasteiger charge is -2.32. The first-order valence-electron chi connectivity index (χ1n) is 11.5. The zero-order valence-corrected chi connectivity index (χ0v) is 18.6. The maximum atomic E-state index is 13.0. The van der Waals surface area contributed by atoms with Crippen LogP contribution in [0.5, 0.6) is 5.75 Å². The molecule has 0 spiro atoms. The first-order chi connectivity index (χ1) is 16.1. The average Bonchev–Trinajstić information content (AvgIpc) is 3.14. The van der Waals surface area contributed by atoms with Gasteiger partial charge in [-0.25, -0.2) is 0 Å². The molecule has 172 valence electrons. The van der Waals surface area contributed by atoms with Crippen LogP contribution < -0.4 is 15.4 Å². The molecule has 7 nitrogen and oxygen atoms in total. The molecule has 0 bridgehead atoms. The average molecular weight is 448 g/mol. The second-order valence-electron chi connectivity index (χ2n) is 8.89. The summed E-state index contributed by atoms with van der Waals surface area (Å²) in [5, 5.41) is 6.34. The quantitative estimate of drug-likeness (QED) is 0.712. The van der Waals surface area contributed by atoms with Crippen molar-refractivity contribution in [2.75, 3.05) is 13.2 Å². The van der Waals surface area contributed by atoms with Gasteiger partial charge in [0.2, 0.25) is 5.91 Å². The Balaban J connectivity index is 1.25. The van der Waals surface area contributed by atoms with E-state index in [0.29, 0.717) is 43.9 Å². The van der Waals surface area contributed by atoms with Crippen molar-refractivity contribution in [3.05, 3.63) is 77.5 Å². The molecule has 3 aliphatic heterocycles. The van der Waals surface area contributed by atoms with Gasteiger partial charge in [0, 0.05) is 30.8 Å². The smallest absolute Gasteiger partial charge is 0.255 e. The SMILES string of the molecule is C=C1CCC(N2Cc3cc(O[C@H]4CCOC[C@@H]4NCc4ccccc4)ccc3C2=O)C(=O)N1. The van der Waals surface area contributed by atoms with E-state index in [1.807, 2.05) is 36.4 Å². The fourth-order valence-electron chi connectivity index (χ4n) is 4.77. The molecule has 2 aromatic rings. The molecule has 3 heterocycles. The van der Waals surface area contributed by atoms with E-state index in [1.165, 1.54) is 5.56 Å². The minimum Gasteiger partial charge on any atom is -0.489 e. The van der Waals surface area contributed by atoms with Gasteiger partial charge in [-0.2, -0.15) is 0 Å². The first-order valence-corrected chi connectivity index (χ1v) is 11.5. The number of piperidine rings is 1. The zero-order chi connectivity index (χ0) is 22.8. The van der Waals surface area contributed by atoms with Crippen molar-refractivity contribution in [3.8, 4) is 5.75 Å². The standard InChI is InChI=1S/C26H29N3O4/c1-17-7-10-23(25(30)28-17)29-15-19-13-20(8-9-21(19)26(29)31)33-24-11-12-32-16-22(24)27-14-18-5-3-2-4-6-18/h2-6,8-9,13,22-24,27H,1,7,10-12,14-16H2,(H,28,30)/t22-,23?,24-/m0/s1. The predicted molar refractivity (Wildman–Crippen MR) is 124 cm³/mol. The number of carbonyl (C=O) groups is 2. The van der Waals surface area contributed by atoms with Gasteiger partial charge in [-0.15, -0.1) is 0 Å². The number of allylic oxidation sites excluding steroid dienone is 1. The highest BCUT2D eigenvalue weighted by atomic mass is 16.5. The van der Waals surface area contributed by atoms with Gasteiger partial charge in [0.05, 0.1) is 19.3 Å². The summed E-state index contributed by atoms with van der Waals surface area (Å²) in [5.41, 5.74) is 3.47. The Hall–Kier alpha value is -3.16. The van der Waals surface area contributed by atoms with Crippen molar-refractivity contribution in [3.63, 3.8) is 0 Å². The molecule has 2 N–H and O–H groups in total. The fraction of sp³-hybridized carbons (Fsp3) is 0.385. The molecular formula is C26H29N3O4. The van der Waals surface area contributed by atoms with E-state index in [2.05, 4.69) is 29.3 Å². The van der Waals surface area contributed by atoms with Gasteiger partial charge in [-0.3, -0.25) is 9.59 Å². The molecule has 0 saturated carbocycles. The molecule has 5 rings (SSSR count). The van der Waals surface area contributed by atoms with Crippen LogP contribution in [0.15, 0.2) is 60.8 Å². The molecule has 0 aromatic heterocycles. The van der Waals surface area contributed by atoms with Gasteiger partial charge in [-0.1, -0.05) is 36.9 Å². The first kappa shape index (κ1) is 21.7. The van der Waals surface area contributed by atoms with Crippen molar-refractivity contribution in [1.29, 1.82) is 0 Å². The molecule has 3 atom stereocenters. The molecule has 7 heteroatoms. The topological polar surface area (TPSA) is 79.9 Å². The summed E-state index contributed by atoms with van der Waals surface area (Å²) in [7, 11) is 0. The molecule has 1 unspecified atom stereocenters. The second-order valence-corrected chi connectivity index (χ2v) is 8.89. The van der Waals surface area contributed by atoms with Crippen molar-refractivity contribution in [2.24, 2.45) is 0 Å². The van der Waals surface area contributed by atoms with E-state index in [0.717, 1.165) is 24.3 Å². The van der Waals surface area contributed by atoms with Crippen LogP contribution in [0.3, 0.4) is 0 Å². The predicted octanol–water partition coefficient (Wildman–Crippen LogP) is 2.76. The minimum atomic E-state index is -0.457. The molecule has 0 radical (unpaired) electrons. The number of nitrogens with zero attached hydrogens (tertiary/aromatic N) is 1. The number of amides is 2. The van der Waals surface area contributed by atoms with Crippen LogP contribution in [-0.4, -0.2) is 48.1 Å². The number of fused-ring (bicyclic) bond motifs is 1. The summed E-state index contributed by atoms with van der Waals surface area (Å²) >= 11 is 0. The van der Waals surface area contributed by atoms with Gasteiger partial charge in [0.1, 0.15) is 17.9 Å². The van der Waals surface area contributed by atoms with E-state index >= 15 is 0 Å². The summed E-state index contributed by atoms with van der Waals surface area (Å²) in [6.07, 6.45) is 2.06. The molecule has 2 saturated heterocycles. The number of carbonyl (C=O) groups excluding carboxylic acids is 2. The summed E-state index contributed by atoms with van der Waals surface area (Å²) < 4.78 is 12.1. The van der Waals surface area contributed by atoms with E-state index < -0.39 is 6.04 Å². The van der Waals surface area contributed by atoms with Gasteiger partial charge < -0.3 is 25.0 Å². The second kappa shape index (κ2) is 9.37. The highest BCUT2D eigenvalue weighted by molar-refractivity contribution is 6.01. The summed E-state index contributed by atoms with van der Waals surface area (Å²) in [5.74, 6) is 0.486. The monoisotopic (exact) mass is 447 g/mol. The van der Waals surface area contributed by atoms with E-state index in [4.69, 9.17) is 9.47 Å². The molecule has 3 aliphatic rings. The number of ether oxygens (including phenoxy) is 2.